The van der Waals surface area contributed by atoms with Gasteiger partial charge in [-0.3, -0.25) is 19.1 Å². The Bertz CT molecular complexity index is 2320. The fourth-order valence-corrected chi connectivity index (χ4v) is 8.94. The summed E-state index contributed by atoms with van der Waals surface area (Å²) >= 11 is 0. The third-order valence-electron chi connectivity index (χ3n) is 11.3. The highest BCUT2D eigenvalue weighted by Gasteiger charge is 2.61. The quantitative estimate of drug-likeness (QED) is 0.176. The van der Waals surface area contributed by atoms with E-state index >= 15 is 0 Å². The van der Waals surface area contributed by atoms with Crippen LogP contribution in [0.5, 0.6) is 23.1 Å². The highest BCUT2D eigenvalue weighted by atomic mass is 32.2. The van der Waals surface area contributed by atoms with Crippen molar-refractivity contribution in [2.75, 3.05) is 33.7 Å². The van der Waals surface area contributed by atoms with E-state index in [9.17, 15) is 27.6 Å². The molecule has 2 aromatic carbocycles. The number of carbonyl (C=O) groups is 4. The predicted octanol–water partition coefficient (Wildman–Crippen LogP) is 4.85. The first-order chi connectivity index (χ1) is 28.4. The number of aromatic nitrogens is 1. The maximum atomic E-state index is 14.1. The Kier molecular flexibility index (Phi) is 11.4. The lowest BCUT2D eigenvalue weighted by molar-refractivity contribution is -0.142. The van der Waals surface area contributed by atoms with Crippen LogP contribution in [0.1, 0.15) is 66.7 Å². The normalized spacial score (nSPS) is 21.5. The molecule has 16 nitrogen and oxygen atoms in total. The van der Waals surface area contributed by atoms with Gasteiger partial charge in [-0.05, 0) is 73.4 Å². The van der Waals surface area contributed by atoms with Crippen LogP contribution < -0.4 is 34.3 Å². The van der Waals surface area contributed by atoms with E-state index < -0.39 is 73.5 Å². The minimum Gasteiger partial charge on any atom is -0.493 e. The SMILES string of the molecule is C=C[C@@H]1C[C@]1(NC(=O)[C@@H]1CCCN1C(=O)[C@@H](NC(=O)OCC(C)(C)COc1cccc(-c2cc3ccc4c(c3nc2OC)OCO4)c1)C(C)(C)C)C(=O)NS(=O)(=O)C1CC1. The molecule has 2 aliphatic carbocycles. The predicted molar refractivity (Wildman–Crippen MR) is 221 cm³/mol. The molecule has 322 valence electrons. The number of fused-ring (bicyclic) bond motifs is 3. The Balaban J connectivity index is 0.955. The molecule has 2 saturated carbocycles. The molecule has 2 aliphatic heterocycles. The zero-order valence-electron chi connectivity index (χ0n) is 34.8. The number of sulfonamides is 1. The standard InChI is InChI=1S/C43H53N5O11S/c1-8-27-21-43(27,39(51)47-60(53,54)29-15-16-29)46-36(49)31-13-10-18-48(31)38(50)35(41(2,3)4)45-40(52)57-23-42(5,6)22-56-28-12-9-11-25(19-28)30-20-26-14-17-32-34(59-24-58-32)33(26)44-37(30)55-7/h8-9,11-12,14,17,19-20,27,29,31,35H,1,10,13,15-16,18,21-24H2,2-7H3,(H,45,52)(H,46,49)(H,47,51)/t27-,31+,35-,43-/m1/s1. The summed E-state index contributed by atoms with van der Waals surface area (Å²) in [5.41, 5.74) is -0.686. The number of carbonyl (C=O) groups excluding carboxylic acids is 4. The average molecular weight is 848 g/mol. The number of alkyl carbamates (subject to hydrolysis) is 1. The fraction of sp³-hybridized carbons (Fsp3) is 0.512. The second-order valence-electron chi connectivity index (χ2n) is 17.8. The molecule has 4 amide bonds. The fourth-order valence-electron chi connectivity index (χ4n) is 7.58. The van der Waals surface area contributed by atoms with Gasteiger partial charge in [-0.1, -0.05) is 52.8 Å². The smallest absolute Gasteiger partial charge is 0.407 e. The van der Waals surface area contributed by atoms with Crippen LogP contribution in [0, 0.1) is 16.7 Å². The van der Waals surface area contributed by atoms with Crippen molar-refractivity contribution in [3.05, 3.63) is 55.1 Å². The lowest BCUT2D eigenvalue weighted by Gasteiger charge is -2.35. The summed E-state index contributed by atoms with van der Waals surface area (Å²) in [6.07, 6.45) is 2.68. The monoisotopic (exact) mass is 847 g/mol. The number of ether oxygens (including phenoxy) is 5. The van der Waals surface area contributed by atoms with Crippen LogP contribution in [0.2, 0.25) is 0 Å². The van der Waals surface area contributed by atoms with E-state index in [1.165, 1.54) is 11.0 Å². The lowest BCUT2D eigenvalue weighted by Crippen LogP contribution is -2.60. The van der Waals surface area contributed by atoms with Gasteiger partial charge in [-0.2, -0.15) is 0 Å². The third kappa shape index (κ3) is 8.81. The van der Waals surface area contributed by atoms with Gasteiger partial charge < -0.3 is 39.2 Å². The zero-order chi connectivity index (χ0) is 43.2. The van der Waals surface area contributed by atoms with Crippen LogP contribution in [0.25, 0.3) is 22.0 Å². The molecule has 3 fully saturated rings. The molecule has 0 spiro atoms. The van der Waals surface area contributed by atoms with Crippen molar-refractivity contribution in [2.24, 2.45) is 16.7 Å². The summed E-state index contributed by atoms with van der Waals surface area (Å²) in [5.74, 6) is -0.129. The van der Waals surface area contributed by atoms with E-state index in [1.807, 2.05) is 56.3 Å². The van der Waals surface area contributed by atoms with E-state index in [2.05, 4.69) is 21.9 Å². The maximum absolute atomic E-state index is 14.1. The number of hydrogen-bond acceptors (Lipinski definition) is 12. The first-order valence-electron chi connectivity index (χ1n) is 20.1. The molecule has 7 rings (SSSR count). The second-order valence-corrected chi connectivity index (χ2v) is 19.7. The molecule has 4 aliphatic rings. The van der Waals surface area contributed by atoms with Gasteiger partial charge in [0.15, 0.2) is 11.5 Å². The summed E-state index contributed by atoms with van der Waals surface area (Å²) in [6, 6.07) is 11.2. The minimum absolute atomic E-state index is 0.0398. The van der Waals surface area contributed by atoms with E-state index in [0.717, 1.165) is 16.5 Å². The molecule has 3 heterocycles. The first-order valence-corrected chi connectivity index (χ1v) is 21.7. The van der Waals surface area contributed by atoms with Gasteiger partial charge >= 0.3 is 6.09 Å². The van der Waals surface area contributed by atoms with Crippen LogP contribution in [0.15, 0.2) is 55.1 Å². The number of amides is 4. The average Bonchev–Trinajstić information content (AvgIpc) is 4.08. The number of likely N-dealkylation sites (tertiary alicyclic amines) is 1. The van der Waals surface area contributed by atoms with E-state index in [-0.39, 0.29) is 33.0 Å². The Morgan fingerprint density at radius 2 is 1.82 bits per heavy atom. The van der Waals surface area contributed by atoms with Crippen molar-refractivity contribution in [1.29, 1.82) is 0 Å². The summed E-state index contributed by atoms with van der Waals surface area (Å²) < 4.78 is 55.9. The Morgan fingerprint density at radius 1 is 1.05 bits per heavy atom. The van der Waals surface area contributed by atoms with Crippen LogP contribution in [0.3, 0.4) is 0 Å². The van der Waals surface area contributed by atoms with Crippen LogP contribution in [-0.2, 0) is 29.1 Å². The van der Waals surface area contributed by atoms with Crippen molar-refractivity contribution in [3.8, 4) is 34.3 Å². The molecule has 0 unspecified atom stereocenters. The largest absolute Gasteiger partial charge is 0.493 e. The summed E-state index contributed by atoms with van der Waals surface area (Å²) in [4.78, 5) is 60.6. The van der Waals surface area contributed by atoms with Gasteiger partial charge in [0.2, 0.25) is 34.5 Å². The van der Waals surface area contributed by atoms with Crippen molar-refractivity contribution >= 4 is 44.7 Å². The third-order valence-corrected chi connectivity index (χ3v) is 13.1. The first kappa shape index (κ1) is 42.5. The number of methoxy groups -OCH3 is 1. The van der Waals surface area contributed by atoms with E-state index in [0.29, 0.717) is 54.3 Å². The molecule has 0 bridgehead atoms. The maximum Gasteiger partial charge on any atom is 0.407 e. The summed E-state index contributed by atoms with van der Waals surface area (Å²) in [5, 5.41) is 5.74. The van der Waals surface area contributed by atoms with Gasteiger partial charge in [0.1, 0.15) is 35.5 Å². The molecular weight excluding hydrogens is 795 g/mol. The number of pyridine rings is 1. The van der Waals surface area contributed by atoms with E-state index in [1.54, 1.807) is 27.9 Å². The lowest BCUT2D eigenvalue weighted by atomic mass is 9.85. The number of nitrogens with zero attached hydrogens (tertiary/aromatic N) is 2. The number of hydrogen-bond donors (Lipinski definition) is 3. The molecule has 4 atom stereocenters. The van der Waals surface area contributed by atoms with Crippen LogP contribution in [0.4, 0.5) is 4.79 Å². The van der Waals surface area contributed by atoms with Crippen LogP contribution in [-0.4, -0.2) is 98.7 Å². The molecule has 17 heteroatoms. The molecule has 3 N–H and O–H groups in total. The zero-order valence-corrected chi connectivity index (χ0v) is 35.6. The minimum atomic E-state index is -3.85. The van der Waals surface area contributed by atoms with Crippen LogP contribution >= 0.6 is 0 Å². The molecule has 60 heavy (non-hydrogen) atoms. The molecule has 1 aromatic heterocycles. The van der Waals surface area contributed by atoms with Gasteiger partial charge in [0.25, 0.3) is 5.91 Å². The van der Waals surface area contributed by atoms with Crippen molar-refractivity contribution in [3.63, 3.8) is 0 Å². The summed E-state index contributed by atoms with van der Waals surface area (Å²) in [7, 11) is -2.30. The summed E-state index contributed by atoms with van der Waals surface area (Å²) in [6.45, 7) is 13.4. The van der Waals surface area contributed by atoms with Crippen molar-refractivity contribution in [1.82, 2.24) is 25.2 Å². The molecule has 0 radical (unpaired) electrons. The Morgan fingerprint density at radius 3 is 2.50 bits per heavy atom. The van der Waals surface area contributed by atoms with Gasteiger partial charge in [0, 0.05) is 28.8 Å². The Hall–Kier alpha value is -5.58. The molecule has 1 saturated heterocycles. The number of benzene rings is 2. The second kappa shape index (κ2) is 16.1. The topological polar surface area (TPSA) is 201 Å². The van der Waals surface area contributed by atoms with Gasteiger partial charge in [0.05, 0.1) is 19.0 Å². The van der Waals surface area contributed by atoms with Crippen molar-refractivity contribution < 1.29 is 51.3 Å². The van der Waals surface area contributed by atoms with E-state index in [4.69, 9.17) is 28.7 Å². The molecule has 3 aromatic rings. The number of nitrogens with one attached hydrogen (secondary N) is 3. The molecular formula is C43H53N5O11S. The van der Waals surface area contributed by atoms with Crippen molar-refractivity contribution in [2.45, 2.75) is 89.6 Å². The highest BCUT2D eigenvalue weighted by molar-refractivity contribution is 7.91. The highest BCUT2D eigenvalue weighted by Crippen LogP contribution is 2.46. The Labute approximate surface area is 349 Å². The van der Waals surface area contributed by atoms with Gasteiger partial charge in [-0.15, -0.1) is 6.58 Å². The van der Waals surface area contributed by atoms with Gasteiger partial charge in [-0.25, -0.2) is 18.2 Å². The number of rotatable bonds is 15.